The molecule has 0 spiro atoms. The number of hydrogen-bond donors (Lipinski definition) is 3. The molecule has 0 aliphatic heterocycles. The number of aryl methyl sites for hydroxylation is 1. The molecule has 2 heterocycles. The molecule has 0 atom stereocenters. The molecule has 2 aromatic heterocycles. The molecule has 3 N–H and O–H groups in total. The van der Waals surface area contributed by atoms with Crippen molar-refractivity contribution >= 4 is 34.0 Å². The van der Waals surface area contributed by atoms with E-state index in [1.165, 1.54) is 11.3 Å². The van der Waals surface area contributed by atoms with Gasteiger partial charge in [-0.15, -0.1) is 11.3 Å². The SMILES string of the molecule is Cc1ccc(NC(=O)Nc2ncc(Cc3ncc[nH]3)s2)c(C(=O)C2CCCC2)c1. The number of carbonyl (C=O) groups is 2. The summed E-state index contributed by atoms with van der Waals surface area (Å²) in [7, 11) is 0. The monoisotopic (exact) mass is 409 g/mol. The van der Waals surface area contributed by atoms with Crippen LogP contribution >= 0.6 is 11.3 Å². The van der Waals surface area contributed by atoms with Crippen LogP contribution in [0.1, 0.15) is 52.3 Å². The molecule has 1 aliphatic carbocycles. The van der Waals surface area contributed by atoms with Crippen molar-refractivity contribution in [1.29, 1.82) is 0 Å². The van der Waals surface area contributed by atoms with Crippen LogP contribution in [0, 0.1) is 12.8 Å². The topological polar surface area (TPSA) is 99.8 Å². The molecule has 29 heavy (non-hydrogen) atoms. The van der Waals surface area contributed by atoms with Gasteiger partial charge in [-0.05, 0) is 31.9 Å². The number of H-pyrrole nitrogens is 1. The minimum absolute atomic E-state index is 0.0588. The second-order valence-corrected chi connectivity index (χ2v) is 8.43. The van der Waals surface area contributed by atoms with Gasteiger partial charge >= 0.3 is 6.03 Å². The summed E-state index contributed by atoms with van der Waals surface area (Å²) in [5, 5.41) is 6.08. The summed E-state index contributed by atoms with van der Waals surface area (Å²) < 4.78 is 0. The molecule has 8 heteroatoms. The number of nitrogens with one attached hydrogen (secondary N) is 3. The van der Waals surface area contributed by atoms with Crippen molar-refractivity contribution in [2.45, 2.75) is 39.0 Å². The molecule has 0 unspecified atom stereocenters. The number of anilines is 2. The lowest BCUT2D eigenvalue weighted by atomic mass is 9.94. The Kier molecular flexibility index (Phi) is 5.71. The summed E-state index contributed by atoms with van der Waals surface area (Å²) in [5.41, 5.74) is 2.13. The summed E-state index contributed by atoms with van der Waals surface area (Å²) >= 11 is 1.39. The zero-order chi connectivity index (χ0) is 20.2. The van der Waals surface area contributed by atoms with Gasteiger partial charge in [-0.2, -0.15) is 0 Å². The van der Waals surface area contributed by atoms with Crippen LogP contribution in [-0.4, -0.2) is 26.8 Å². The number of aromatic amines is 1. The summed E-state index contributed by atoms with van der Waals surface area (Å²) in [6, 6.07) is 5.14. The fourth-order valence-corrected chi connectivity index (χ4v) is 4.45. The van der Waals surface area contributed by atoms with Crippen molar-refractivity contribution in [3.05, 3.63) is 58.6 Å². The lowest BCUT2D eigenvalue weighted by Gasteiger charge is -2.14. The van der Waals surface area contributed by atoms with E-state index in [-0.39, 0.29) is 11.7 Å². The van der Waals surface area contributed by atoms with E-state index < -0.39 is 6.03 Å². The van der Waals surface area contributed by atoms with Crippen LogP contribution in [0.3, 0.4) is 0 Å². The molecule has 7 nitrogen and oxygen atoms in total. The quantitative estimate of drug-likeness (QED) is 0.510. The molecule has 2 amide bonds. The maximum atomic E-state index is 12.9. The Bertz CT molecular complexity index is 1010. The van der Waals surface area contributed by atoms with Crippen LogP contribution < -0.4 is 10.6 Å². The first-order valence-electron chi connectivity index (χ1n) is 9.74. The van der Waals surface area contributed by atoms with Gasteiger partial charge in [0.1, 0.15) is 5.82 Å². The number of carbonyl (C=O) groups excluding carboxylic acids is 2. The molecule has 0 bridgehead atoms. The first-order chi connectivity index (χ1) is 14.1. The highest BCUT2D eigenvalue weighted by Gasteiger charge is 2.26. The third kappa shape index (κ3) is 4.71. The zero-order valence-electron chi connectivity index (χ0n) is 16.2. The maximum Gasteiger partial charge on any atom is 0.325 e. The number of ketones is 1. The number of benzene rings is 1. The smallest absolute Gasteiger partial charge is 0.325 e. The molecule has 0 saturated heterocycles. The van der Waals surface area contributed by atoms with E-state index in [0.29, 0.717) is 22.8 Å². The van der Waals surface area contributed by atoms with Gasteiger partial charge in [-0.25, -0.2) is 14.8 Å². The van der Waals surface area contributed by atoms with Crippen molar-refractivity contribution in [2.75, 3.05) is 10.6 Å². The first kappa shape index (κ1) is 19.3. The van der Waals surface area contributed by atoms with Crippen molar-refractivity contribution in [2.24, 2.45) is 5.92 Å². The molecule has 1 aliphatic rings. The van der Waals surface area contributed by atoms with Crippen LogP contribution in [0.4, 0.5) is 15.6 Å². The number of hydrogen-bond acceptors (Lipinski definition) is 5. The zero-order valence-corrected chi connectivity index (χ0v) is 17.0. The van der Waals surface area contributed by atoms with Crippen molar-refractivity contribution in [1.82, 2.24) is 15.0 Å². The Morgan fingerprint density at radius 1 is 1.21 bits per heavy atom. The Morgan fingerprint density at radius 2 is 2.03 bits per heavy atom. The third-order valence-electron chi connectivity index (χ3n) is 5.09. The van der Waals surface area contributed by atoms with Crippen LogP contribution in [-0.2, 0) is 6.42 Å². The lowest BCUT2D eigenvalue weighted by Crippen LogP contribution is -2.22. The van der Waals surface area contributed by atoms with Crippen LogP contribution in [0.15, 0.2) is 36.8 Å². The number of aromatic nitrogens is 3. The van der Waals surface area contributed by atoms with E-state index in [0.717, 1.165) is 41.9 Å². The highest BCUT2D eigenvalue weighted by atomic mass is 32.1. The number of thiazole rings is 1. The summed E-state index contributed by atoms with van der Waals surface area (Å²) in [6.07, 6.45) is 9.87. The first-order valence-corrected chi connectivity index (χ1v) is 10.6. The van der Waals surface area contributed by atoms with Crippen LogP contribution in [0.2, 0.25) is 0 Å². The van der Waals surface area contributed by atoms with E-state index >= 15 is 0 Å². The molecule has 3 aromatic rings. The lowest BCUT2D eigenvalue weighted by molar-refractivity contribution is 0.0923. The van der Waals surface area contributed by atoms with Gasteiger partial charge in [0.25, 0.3) is 0 Å². The van der Waals surface area contributed by atoms with E-state index in [2.05, 4.69) is 25.6 Å². The van der Waals surface area contributed by atoms with Crippen molar-refractivity contribution < 1.29 is 9.59 Å². The fourth-order valence-electron chi connectivity index (χ4n) is 3.64. The van der Waals surface area contributed by atoms with Crippen molar-refractivity contribution in [3.63, 3.8) is 0 Å². The normalized spacial score (nSPS) is 14.1. The van der Waals surface area contributed by atoms with Gasteiger partial charge in [0.15, 0.2) is 10.9 Å². The average Bonchev–Trinajstić information content (AvgIpc) is 3.46. The summed E-state index contributed by atoms with van der Waals surface area (Å²) in [6.45, 7) is 1.95. The highest BCUT2D eigenvalue weighted by molar-refractivity contribution is 7.15. The largest absolute Gasteiger partial charge is 0.348 e. The number of nitrogens with zero attached hydrogens (tertiary/aromatic N) is 2. The Morgan fingerprint density at radius 3 is 2.79 bits per heavy atom. The fraction of sp³-hybridized carbons (Fsp3) is 0.333. The average molecular weight is 410 g/mol. The van der Waals surface area contributed by atoms with E-state index in [1.807, 2.05) is 19.1 Å². The maximum absolute atomic E-state index is 12.9. The van der Waals surface area contributed by atoms with E-state index in [1.54, 1.807) is 24.7 Å². The summed E-state index contributed by atoms with van der Waals surface area (Å²) in [4.78, 5) is 37.9. The van der Waals surface area contributed by atoms with Gasteiger partial charge in [0.2, 0.25) is 0 Å². The highest BCUT2D eigenvalue weighted by Crippen LogP contribution is 2.31. The predicted octanol–water partition coefficient (Wildman–Crippen LogP) is 4.78. The second-order valence-electron chi connectivity index (χ2n) is 7.32. The van der Waals surface area contributed by atoms with Crippen LogP contribution in [0.5, 0.6) is 0 Å². The molecule has 1 fully saturated rings. The predicted molar refractivity (Wildman–Crippen MR) is 114 cm³/mol. The Hall–Kier alpha value is -3.00. The number of Topliss-reactive ketones (excluding diaryl/α,β-unsaturated/α-hetero) is 1. The van der Waals surface area contributed by atoms with Gasteiger partial charge in [0, 0.05) is 41.4 Å². The number of urea groups is 1. The molecule has 150 valence electrons. The second kappa shape index (κ2) is 8.57. The number of imidazole rings is 1. The molecular formula is C21H23N5O2S. The molecular weight excluding hydrogens is 386 g/mol. The number of amides is 2. The third-order valence-corrected chi connectivity index (χ3v) is 6.00. The molecule has 0 radical (unpaired) electrons. The van der Waals surface area contributed by atoms with E-state index in [4.69, 9.17) is 0 Å². The summed E-state index contributed by atoms with van der Waals surface area (Å²) in [5.74, 6) is 1.03. The van der Waals surface area contributed by atoms with Gasteiger partial charge in [-0.1, -0.05) is 24.5 Å². The van der Waals surface area contributed by atoms with Gasteiger partial charge in [-0.3, -0.25) is 10.1 Å². The van der Waals surface area contributed by atoms with E-state index in [9.17, 15) is 9.59 Å². The Labute approximate surface area is 173 Å². The van der Waals surface area contributed by atoms with Crippen molar-refractivity contribution in [3.8, 4) is 0 Å². The Balaban J connectivity index is 1.43. The van der Waals surface area contributed by atoms with Crippen LogP contribution in [0.25, 0.3) is 0 Å². The number of rotatable bonds is 6. The molecule has 1 aromatic carbocycles. The molecule has 4 rings (SSSR count). The minimum atomic E-state index is -0.409. The molecule has 1 saturated carbocycles. The van der Waals surface area contributed by atoms with Gasteiger partial charge < -0.3 is 10.3 Å². The van der Waals surface area contributed by atoms with Gasteiger partial charge in [0.05, 0.1) is 5.69 Å². The standard InChI is InChI=1S/C21H23N5O2S/c1-13-6-7-17(16(10-13)19(27)14-4-2-3-5-14)25-20(28)26-21-24-12-15(29-21)11-18-22-8-9-23-18/h6-10,12,14H,2-5,11H2,1H3,(H,22,23)(H2,24,25,26,28). The minimum Gasteiger partial charge on any atom is -0.348 e.